The van der Waals surface area contributed by atoms with Crippen molar-refractivity contribution in [3.05, 3.63) is 35.9 Å². The van der Waals surface area contributed by atoms with Crippen molar-refractivity contribution in [2.24, 2.45) is 0 Å². The molecule has 21 heavy (non-hydrogen) atoms. The van der Waals surface area contributed by atoms with Crippen LogP contribution in [-0.2, 0) is 6.42 Å². The van der Waals surface area contributed by atoms with E-state index in [2.05, 4.69) is 60.9 Å². The summed E-state index contributed by atoms with van der Waals surface area (Å²) in [5.74, 6) is 0. The highest BCUT2D eigenvalue weighted by Gasteiger charge is 2.40. The number of benzene rings is 1. The van der Waals surface area contributed by atoms with Gasteiger partial charge in [0.25, 0.3) is 0 Å². The van der Waals surface area contributed by atoms with E-state index < -0.39 is 0 Å². The average molecular weight is 286 g/mol. The van der Waals surface area contributed by atoms with Crippen LogP contribution in [0.3, 0.4) is 0 Å². The largest absolute Gasteiger partial charge is 0.298 e. The van der Waals surface area contributed by atoms with Gasteiger partial charge in [-0.15, -0.1) is 0 Å². The Morgan fingerprint density at radius 2 is 1.90 bits per heavy atom. The van der Waals surface area contributed by atoms with E-state index in [0.29, 0.717) is 11.6 Å². The molecule has 2 aliphatic heterocycles. The lowest BCUT2D eigenvalue weighted by atomic mass is 9.90. The molecule has 2 nitrogen and oxygen atoms in total. The standard InChI is InChI=1S/C19H30N2/c1-16-14-20-13-7-10-18(20)15-21(16)19(2,3)12-11-17-8-5-4-6-9-17/h4-6,8-9,16,18H,7,10-15H2,1-3H3. The number of piperazine rings is 1. The van der Waals surface area contributed by atoms with E-state index >= 15 is 0 Å². The van der Waals surface area contributed by atoms with Gasteiger partial charge in [-0.3, -0.25) is 9.80 Å². The fraction of sp³-hybridized carbons (Fsp3) is 0.684. The van der Waals surface area contributed by atoms with Crippen molar-refractivity contribution in [3.8, 4) is 0 Å². The van der Waals surface area contributed by atoms with Crippen molar-refractivity contribution in [1.29, 1.82) is 0 Å². The van der Waals surface area contributed by atoms with E-state index in [9.17, 15) is 0 Å². The minimum absolute atomic E-state index is 0.296. The summed E-state index contributed by atoms with van der Waals surface area (Å²) >= 11 is 0. The first-order valence-corrected chi connectivity index (χ1v) is 8.61. The second kappa shape index (κ2) is 6.10. The van der Waals surface area contributed by atoms with Gasteiger partial charge in [-0.05, 0) is 58.6 Å². The third kappa shape index (κ3) is 3.32. The molecule has 0 spiro atoms. The summed E-state index contributed by atoms with van der Waals surface area (Å²) in [5.41, 5.74) is 1.77. The molecule has 2 aliphatic rings. The Labute approximate surface area is 130 Å². The second-order valence-electron chi connectivity index (χ2n) is 7.59. The highest BCUT2D eigenvalue weighted by molar-refractivity contribution is 5.15. The van der Waals surface area contributed by atoms with E-state index in [1.54, 1.807) is 0 Å². The van der Waals surface area contributed by atoms with Crippen LogP contribution >= 0.6 is 0 Å². The molecular weight excluding hydrogens is 256 g/mol. The van der Waals surface area contributed by atoms with Crippen LogP contribution in [0.15, 0.2) is 30.3 Å². The Balaban J connectivity index is 1.63. The topological polar surface area (TPSA) is 6.48 Å². The molecule has 2 fully saturated rings. The molecule has 2 heteroatoms. The molecule has 0 aliphatic carbocycles. The molecule has 2 saturated heterocycles. The molecule has 1 aromatic rings. The van der Waals surface area contributed by atoms with E-state index in [0.717, 1.165) is 6.04 Å². The fourth-order valence-corrected chi connectivity index (χ4v) is 4.27. The van der Waals surface area contributed by atoms with Crippen LogP contribution in [0.2, 0.25) is 0 Å². The number of hydrogen-bond donors (Lipinski definition) is 0. The summed E-state index contributed by atoms with van der Waals surface area (Å²) < 4.78 is 0. The zero-order chi connectivity index (χ0) is 14.9. The van der Waals surface area contributed by atoms with Crippen LogP contribution in [0.25, 0.3) is 0 Å². The molecule has 1 aromatic carbocycles. The summed E-state index contributed by atoms with van der Waals surface area (Å²) in [6.07, 6.45) is 5.23. The molecule has 2 unspecified atom stereocenters. The van der Waals surface area contributed by atoms with Gasteiger partial charge in [0.1, 0.15) is 0 Å². The SMILES string of the molecule is CC1CN2CCCC2CN1C(C)(C)CCc1ccccc1. The summed E-state index contributed by atoms with van der Waals surface area (Å²) in [6, 6.07) is 12.4. The molecule has 2 atom stereocenters. The van der Waals surface area contributed by atoms with Crippen LogP contribution in [0, 0.1) is 0 Å². The van der Waals surface area contributed by atoms with Gasteiger partial charge in [-0.25, -0.2) is 0 Å². The van der Waals surface area contributed by atoms with Crippen LogP contribution in [0.1, 0.15) is 45.6 Å². The first-order valence-electron chi connectivity index (χ1n) is 8.61. The van der Waals surface area contributed by atoms with Crippen molar-refractivity contribution in [1.82, 2.24) is 9.80 Å². The van der Waals surface area contributed by atoms with E-state index in [1.807, 2.05) is 0 Å². The maximum absolute atomic E-state index is 2.78. The molecule has 3 rings (SSSR count). The quantitative estimate of drug-likeness (QED) is 0.835. The summed E-state index contributed by atoms with van der Waals surface area (Å²) in [5, 5.41) is 0. The van der Waals surface area contributed by atoms with Crippen LogP contribution in [-0.4, -0.2) is 47.1 Å². The van der Waals surface area contributed by atoms with Crippen LogP contribution in [0.4, 0.5) is 0 Å². The lowest BCUT2D eigenvalue weighted by Gasteiger charge is -2.50. The Morgan fingerprint density at radius 3 is 2.67 bits per heavy atom. The fourth-order valence-electron chi connectivity index (χ4n) is 4.27. The van der Waals surface area contributed by atoms with Crippen molar-refractivity contribution in [2.45, 2.75) is 64.1 Å². The zero-order valence-corrected chi connectivity index (χ0v) is 13.9. The van der Waals surface area contributed by atoms with Gasteiger partial charge in [0.2, 0.25) is 0 Å². The third-order valence-electron chi connectivity index (χ3n) is 5.58. The molecule has 0 N–H and O–H groups in total. The van der Waals surface area contributed by atoms with Gasteiger partial charge in [0.15, 0.2) is 0 Å². The highest BCUT2D eigenvalue weighted by atomic mass is 15.3. The molecule has 0 saturated carbocycles. The van der Waals surface area contributed by atoms with E-state index in [1.165, 1.54) is 50.9 Å². The Kier molecular flexibility index (Phi) is 4.37. The molecular formula is C19H30N2. The van der Waals surface area contributed by atoms with Gasteiger partial charge in [0, 0.05) is 30.7 Å². The normalized spacial score (nSPS) is 27.8. The van der Waals surface area contributed by atoms with Crippen molar-refractivity contribution in [3.63, 3.8) is 0 Å². The molecule has 0 aromatic heterocycles. The number of hydrogen-bond acceptors (Lipinski definition) is 2. The van der Waals surface area contributed by atoms with Gasteiger partial charge >= 0.3 is 0 Å². The van der Waals surface area contributed by atoms with Crippen molar-refractivity contribution in [2.75, 3.05) is 19.6 Å². The monoisotopic (exact) mass is 286 g/mol. The number of aryl methyl sites for hydroxylation is 1. The number of nitrogens with zero attached hydrogens (tertiary/aromatic N) is 2. The summed E-state index contributed by atoms with van der Waals surface area (Å²) in [7, 11) is 0. The maximum Gasteiger partial charge on any atom is 0.0224 e. The predicted octanol–water partition coefficient (Wildman–Crippen LogP) is 3.57. The minimum atomic E-state index is 0.296. The zero-order valence-electron chi connectivity index (χ0n) is 13.9. The Morgan fingerprint density at radius 1 is 1.14 bits per heavy atom. The molecule has 116 valence electrons. The lowest BCUT2D eigenvalue weighted by Crippen LogP contribution is -2.61. The van der Waals surface area contributed by atoms with Gasteiger partial charge < -0.3 is 0 Å². The smallest absolute Gasteiger partial charge is 0.0224 e. The Hall–Kier alpha value is -0.860. The lowest BCUT2D eigenvalue weighted by molar-refractivity contribution is -0.0117. The van der Waals surface area contributed by atoms with Crippen LogP contribution < -0.4 is 0 Å². The van der Waals surface area contributed by atoms with E-state index in [-0.39, 0.29) is 0 Å². The first-order chi connectivity index (χ1) is 10.1. The van der Waals surface area contributed by atoms with Gasteiger partial charge in [0.05, 0.1) is 0 Å². The molecule has 2 heterocycles. The summed E-state index contributed by atoms with van der Waals surface area (Å²) in [6.45, 7) is 11.2. The van der Waals surface area contributed by atoms with Gasteiger partial charge in [-0.1, -0.05) is 30.3 Å². The summed E-state index contributed by atoms with van der Waals surface area (Å²) in [4.78, 5) is 5.50. The molecule has 0 bridgehead atoms. The van der Waals surface area contributed by atoms with Gasteiger partial charge in [-0.2, -0.15) is 0 Å². The van der Waals surface area contributed by atoms with Crippen molar-refractivity contribution < 1.29 is 0 Å². The maximum atomic E-state index is 2.78. The second-order valence-corrected chi connectivity index (χ2v) is 7.59. The minimum Gasteiger partial charge on any atom is -0.298 e. The Bertz CT molecular complexity index is 454. The predicted molar refractivity (Wildman–Crippen MR) is 89.6 cm³/mol. The number of rotatable bonds is 4. The highest BCUT2D eigenvalue weighted by Crippen LogP contribution is 2.31. The third-order valence-corrected chi connectivity index (χ3v) is 5.58. The van der Waals surface area contributed by atoms with E-state index in [4.69, 9.17) is 0 Å². The average Bonchev–Trinajstić information content (AvgIpc) is 2.92. The number of fused-ring (bicyclic) bond motifs is 1. The first kappa shape index (κ1) is 15.1. The molecule has 0 radical (unpaired) electrons. The van der Waals surface area contributed by atoms with Crippen LogP contribution in [0.5, 0.6) is 0 Å². The van der Waals surface area contributed by atoms with Crippen molar-refractivity contribution >= 4 is 0 Å². The molecule has 0 amide bonds.